The second kappa shape index (κ2) is 7.26. The average molecular weight is 281 g/mol. The van der Waals surface area contributed by atoms with E-state index in [2.05, 4.69) is 25.7 Å². The van der Waals surface area contributed by atoms with Crippen molar-refractivity contribution in [1.29, 1.82) is 0 Å². The monoisotopic (exact) mass is 280 g/mol. The van der Waals surface area contributed by atoms with Gasteiger partial charge in [0, 0.05) is 24.2 Å². The van der Waals surface area contributed by atoms with Gasteiger partial charge in [-0.1, -0.05) is 39.5 Å². The highest BCUT2D eigenvalue weighted by Gasteiger charge is 2.44. The summed E-state index contributed by atoms with van der Waals surface area (Å²) in [6.45, 7) is 7.99. The Bertz CT molecular complexity index is 291. The molecule has 2 N–H and O–H groups in total. The molecule has 0 aromatic carbocycles. The lowest BCUT2D eigenvalue weighted by molar-refractivity contribution is 0.0323. The van der Waals surface area contributed by atoms with Crippen LogP contribution in [0.25, 0.3) is 0 Å². The highest BCUT2D eigenvalue weighted by atomic mass is 15.3. The summed E-state index contributed by atoms with van der Waals surface area (Å²) in [5.74, 6) is 0.964. The quantitative estimate of drug-likeness (QED) is 0.760. The smallest absolute Gasteiger partial charge is 0.0337 e. The molecule has 1 saturated heterocycles. The zero-order valence-electron chi connectivity index (χ0n) is 14.0. The summed E-state index contributed by atoms with van der Waals surface area (Å²) in [7, 11) is 0. The summed E-state index contributed by atoms with van der Waals surface area (Å²) >= 11 is 0. The summed E-state index contributed by atoms with van der Waals surface area (Å²) in [4.78, 5) is 2.86. The van der Waals surface area contributed by atoms with Crippen LogP contribution in [0.1, 0.15) is 85.0 Å². The van der Waals surface area contributed by atoms with Crippen LogP contribution >= 0.6 is 0 Å². The largest absolute Gasteiger partial charge is 0.329 e. The van der Waals surface area contributed by atoms with Gasteiger partial charge in [-0.05, 0) is 51.4 Å². The van der Waals surface area contributed by atoms with E-state index in [0.717, 1.165) is 24.5 Å². The average Bonchev–Trinajstić information content (AvgIpc) is 2.71. The molecule has 4 atom stereocenters. The molecular weight excluding hydrogens is 244 g/mol. The molecule has 1 aliphatic heterocycles. The van der Waals surface area contributed by atoms with Gasteiger partial charge in [-0.15, -0.1) is 0 Å². The van der Waals surface area contributed by atoms with Crippen molar-refractivity contribution in [3.63, 3.8) is 0 Å². The van der Waals surface area contributed by atoms with Crippen molar-refractivity contribution in [2.75, 3.05) is 6.54 Å². The second-order valence-corrected chi connectivity index (χ2v) is 7.41. The molecule has 118 valence electrons. The Kier molecular flexibility index (Phi) is 5.92. The number of hydrogen-bond donors (Lipinski definition) is 1. The highest BCUT2D eigenvalue weighted by Crippen LogP contribution is 2.42. The number of likely N-dealkylation sites (tertiary alicyclic amines) is 1. The van der Waals surface area contributed by atoms with Crippen LogP contribution in [0.2, 0.25) is 0 Å². The van der Waals surface area contributed by atoms with E-state index in [9.17, 15) is 0 Å². The van der Waals surface area contributed by atoms with Crippen LogP contribution in [0.4, 0.5) is 0 Å². The third kappa shape index (κ3) is 3.22. The first-order valence-corrected chi connectivity index (χ1v) is 9.15. The Balaban J connectivity index is 2.12. The SMILES string of the molecule is CCCC1CCCC(CN)(N2C(C)CCC2CC)CC1. The van der Waals surface area contributed by atoms with Crippen molar-refractivity contribution < 1.29 is 0 Å². The van der Waals surface area contributed by atoms with Gasteiger partial charge in [0.2, 0.25) is 0 Å². The van der Waals surface area contributed by atoms with Gasteiger partial charge in [-0.3, -0.25) is 4.90 Å². The van der Waals surface area contributed by atoms with Crippen LogP contribution in [0.5, 0.6) is 0 Å². The standard InChI is InChI=1S/C18H36N2/c1-4-7-16-8-6-12-18(14-19,13-11-16)20-15(3)9-10-17(20)5-2/h15-17H,4-14,19H2,1-3H3. The lowest BCUT2D eigenvalue weighted by Gasteiger charge is -2.47. The maximum atomic E-state index is 6.34. The van der Waals surface area contributed by atoms with Crippen molar-refractivity contribution in [3.05, 3.63) is 0 Å². The van der Waals surface area contributed by atoms with Gasteiger partial charge in [0.25, 0.3) is 0 Å². The van der Waals surface area contributed by atoms with E-state index in [4.69, 9.17) is 5.73 Å². The van der Waals surface area contributed by atoms with Gasteiger partial charge in [0.15, 0.2) is 0 Å². The van der Waals surface area contributed by atoms with Crippen molar-refractivity contribution in [1.82, 2.24) is 4.90 Å². The van der Waals surface area contributed by atoms with Gasteiger partial charge in [-0.25, -0.2) is 0 Å². The van der Waals surface area contributed by atoms with Gasteiger partial charge >= 0.3 is 0 Å². The van der Waals surface area contributed by atoms with E-state index >= 15 is 0 Å². The molecule has 0 aromatic heterocycles. The van der Waals surface area contributed by atoms with Crippen LogP contribution < -0.4 is 5.73 Å². The summed E-state index contributed by atoms with van der Waals surface area (Å²) in [6, 6.07) is 1.53. The van der Waals surface area contributed by atoms with E-state index in [1.807, 2.05) is 0 Å². The first-order chi connectivity index (χ1) is 9.66. The molecule has 0 spiro atoms. The maximum Gasteiger partial charge on any atom is 0.0337 e. The molecule has 2 aliphatic rings. The molecule has 0 amide bonds. The molecule has 0 radical (unpaired) electrons. The summed E-state index contributed by atoms with van der Waals surface area (Å²) in [6.07, 6.45) is 13.7. The van der Waals surface area contributed by atoms with Crippen LogP contribution in [-0.2, 0) is 0 Å². The molecule has 2 fully saturated rings. The Morgan fingerprint density at radius 2 is 1.90 bits per heavy atom. The lowest BCUT2D eigenvalue weighted by atomic mass is 9.85. The topological polar surface area (TPSA) is 29.3 Å². The minimum absolute atomic E-state index is 0.319. The fraction of sp³-hybridized carbons (Fsp3) is 1.00. The maximum absolute atomic E-state index is 6.34. The van der Waals surface area contributed by atoms with Crippen LogP contribution in [-0.4, -0.2) is 29.1 Å². The normalized spacial score (nSPS) is 39.9. The van der Waals surface area contributed by atoms with E-state index in [0.29, 0.717) is 5.54 Å². The minimum Gasteiger partial charge on any atom is -0.329 e. The fourth-order valence-electron chi connectivity index (χ4n) is 5.05. The van der Waals surface area contributed by atoms with Crippen molar-refractivity contribution in [2.45, 2.75) is 103 Å². The van der Waals surface area contributed by atoms with Gasteiger partial charge in [-0.2, -0.15) is 0 Å². The number of nitrogens with two attached hydrogens (primary N) is 1. The third-order valence-electron chi connectivity index (χ3n) is 6.15. The number of hydrogen-bond acceptors (Lipinski definition) is 2. The van der Waals surface area contributed by atoms with Crippen molar-refractivity contribution in [3.8, 4) is 0 Å². The van der Waals surface area contributed by atoms with Crippen molar-refractivity contribution in [2.24, 2.45) is 11.7 Å². The summed E-state index contributed by atoms with van der Waals surface area (Å²) < 4.78 is 0. The second-order valence-electron chi connectivity index (χ2n) is 7.41. The molecule has 2 nitrogen and oxygen atoms in total. The first kappa shape index (κ1) is 16.3. The number of nitrogens with zero attached hydrogens (tertiary/aromatic N) is 1. The van der Waals surface area contributed by atoms with E-state index in [-0.39, 0.29) is 0 Å². The van der Waals surface area contributed by atoms with Crippen LogP contribution in [0.3, 0.4) is 0 Å². The third-order valence-corrected chi connectivity index (χ3v) is 6.15. The molecule has 0 aromatic rings. The molecule has 1 heterocycles. The van der Waals surface area contributed by atoms with E-state index < -0.39 is 0 Å². The summed E-state index contributed by atoms with van der Waals surface area (Å²) in [5, 5.41) is 0. The minimum atomic E-state index is 0.319. The highest BCUT2D eigenvalue weighted by molar-refractivity contribution is 5.01. The van der Waals surface area contributed by atoms with E-state index in [1.165, 1.54) is 64.2 Å². The van der Waals surface area contributed by atoms with Gasteiger partial charge < -0.3 is 5.73 Å². The van der Waals surface area contributed by atoms with Crippen molar-refractivity contribution >= 4 is 0 Å². The lowest BCUT2D eigenvalue weighted by Crippen LogP contribution is -2.57. The molecular formula is C18H36N2. The summed E-state index contributed by atoms with van der Waals surface area (Å²) in [5.41, 5.74) is 6.66. The Morgan fingerprint density at radius 1 is 1.10 bits per heavy atom. The fourth-order valence-corrected chi connectivity index (χ4v) is 5.05. The molecule has 0 bridgehead atoms. The van der Waals surface area contributed by atoms with E-state index in [1.54, 1.807) is 0 Å². The van der Waals surface area contributed by atoms with Gasteiger partial charge in [0.05, 0.1) is 0 Å². The Hall–Kier alpha value is -0.0800. The van der Waals surface area contributed by atoms with Crippen LogP contribution in [0, 0.1) is 5.92 Å². The predicted molar refractivity (Wildman–Crippen MR) is 87.9 cm³/mol. The van der Waals surface area contributed by atoms with Gasteiger partial charge in [0.1, 0.15) is 0 Å². The molecule has 1 saturated carbocycles. The van der Waals surface area contributed by atoms with Crippen LogP contribution in [0.15, 0.2) is 0 Å². The molecule has 1 aliphatic carbocycles. The Morgan fingerprint density at radius 3 is 2.55 bits per heavy atom. The number of rotatable bonds is 5. The molecule has 2 heteroatoms. The zero-order valence-corrected chi connectivity index (χ0v) is 14.0. The molecule has 2 rings (SSSR count). The Labute approximate surface area is 126 Å². The molecule has 4 unspecified atom stereocenters. The first-order valence-electron chi connectivity index (χ1n) is 9.15. The predicted octanol–water partition coefficient (Wildman–Crippen LogP) is 4.33. The zero-order chi connectivity index (χ0) is 14.6. The molecule has 20 heavy (non-hydrogen) atoms.